The molecule has 1 aliphatic heterocycles. The zero-order chi connectivity index (χ0) is 17.2. The molecule has 0 bridgehead atoms. The predicted molar refractivity (Wildman–Crippen MR) is 98.4 cm³/mol. The van der Waals surface area contributed by atoms with Crippen LogP contribution in [0.2, 0.25) is 0 Å². The van der Waals surface area contributed by atoms with Gasteiger partial charge in [-0.2, -0.15) is 0 Å². The zero-order valence-electron chi connectivity index (χ0n) is 14.9. The Bertz CT molecular complexity index is 696. The number of rotatable bonds is 5. The first kappa shape index (κ1) is 16.5. The summed E-state index contributed by atoms with van der Waals surface area (Å²) in [5.41, 5.74) is 0.870. The molecule has 2 heterocycles. The maximum atomic E-state index is 12.5. The van der Waals surface area contributed by atoms with Gasteiger partial charge in [0.25, 0.3) is 0 Å². The van der Waals surface area contributed by atoms with E-state index in [0.717, 1.165) is 48.6 Å². The van der Waals surface area contributed by atoms with Gasteiger partial charge in [0.1, 0.15) is 11.3 Å². The second-order valence-electron chi connectivity index (χ2n) is 7.57. The van der Waals surface area contributed by atoms with Gasteiger partial charge in [-0.15, -0.1) is 0 Å². The number of piperidine rings is 1. The number of hydrogen-bond acceptors (Lipinski definition) is 3. The molecular formula is C20H27N3O2. The lowest BCUT2D eigenvalue weighted by atomic mass is 10.0. The first-order valence-electron chi connectivity index (χ1n) is 9.39. The largest absolute Gasteiger partial charge is 0.459 e. The van der Waals surface area contributed by atoms with Crippen molar-refractivity contribution in [2.45, 2.75) is 38.3 Å². The third kappa shape index (κ3) is 4.15. The molecule has 2 aromatic rings. The molecule has 1 saturated carbocycles. The van der Waals surface area contributed by atoms with Gasteiger partial charge in [-0.25, -0.2) is 4.79 Å². The number of para-hydroxylation sites is 1. The summed E-state index contributed by atoms with van der Waals surface area (Å²) in [6.45, 7) is 3.96. The number of hydrogen-bond donors (Lipinski definition) is 1. The van der Waals surface area contributed by atoms with Gasteiger partial charge in [0.05, 0.1) is 6.54 Å². The highest BCUT2D eigenvalue weighted by Crippen LogP contribution is 2.30. The van der Waals surface area contributed by atoms with Crippen LogP contribution in [-0.4, -0.2) is 48.6 Å². The molecule has 0 spiro atoms. The lowest BCUT2D eigenvalue weighted by Gasteiger charge is -2.33. The molecule has 134 valence electrons. The summed E-state index contributed by atoms with van der Waals surface area (Å²) in [7, 11) is 1.82. The van der Waals surface area contributed by atoms with E-state index in [1.165, 1.54) is 19.4 Å². The highest BCUT2D eigenvalue weighted by atomic mass is 16.3. The minimum absolute atomic E-state index is 0.0129. The summed E-state index contributed by atoms with van der Waals surface area (Å²) in [5, 5.41) is 4.26. The molecule has 5 nitrogen and oxygen atoms in total. The second-order valence-corrected chi connectivity index (χ2v) is 7.57. The molecule has 1 N–H and O–H groups in total. The van der Waals surface area contributed by atoms with E-state index in [4.69, 9.17) is 4.42 Å². The predicted octanol–water partition coefficient (Wildman–Crippen LogP) is 3.45. The van der Waals surface area contributed by atoms with Crippen LogP contribution < -0.4 is 5.32 Å². The summed E-state index contributed by atoms with van der Waals surface area (Å²) in [5.74, 6) is 1.76. The lowest BCUT2D eigenvalue weighted by molar-refractivity contribution is 0.172. The van der Waals surface area contributed by atoms with Gasteiger partial charge in [0.2, 0.25) is 0 Å². The standard InChI is InChI=1S/C20H27N3O2/c1-22(14-18-12-16-4-2-3-5-19(16)25-18)20(24)21-17-8-10-23(11-9-17)13-15-6-7-15/h2-5,12,15,17H,6-11,13-14H2,1H3,(H,21,24). The molecule has 1 aromatic heterocycles. The van der Waals surface area contributed by atoms with Crippen LogP contribution >= 0.6 is 0 Å². The quantitative estimate of drug-likeness (QED) is 0.906. The van der Waals surface area contributed by atoms with Crippen LogP contribution in [0.4, 0.5) is 4.79 Å². The third-order valence-electron chi connectivity index (χ3n) is 5.34. The van der Waals surface area contributed by atoms with Crippen molar-refractivity contribution in [2.75, 3.05) is 26.7 Å². The SMILES string of the molecule is CN(Cc1cc2ccccc2o1)C(=O)NC1CCN(CC2CC2)CC1. The number of amides is 2. The van der Waals surface area contributed by atoms with Crippen molar-refractivity contribution in [3.8, 4) is 0 Å². The zero-order valence-corrected chi connectivity index (χ0v) is 14.9. The molecule has 2 fully saturated rings. The van der Waals surface area contributed by atoms with Crippen LogP contribution in [0, 0.1) is 5.92 Å². The van der Waals surface area contributed by atoms with Gasteiger partial charge in [-0.05, 0) is 43.7 Å². The number of furan rings is 1. The number of carbonyl (C=O) groups excluding carboxylic acids is 1. The van der Waals surface area contributed by atoms with E-state index in [1.807, 2.05) is 37.4 Å². The summed E-state index contributed by atoms with van der Waals surface area (Å²) < 4.78 is 5.81. The molecule has 0 radical (unpaired) electrons. The number of nitrogens with zero attached hydrogens (tertiary/aromatic N) is 2. The summed E-state index contributed by atoms with van der Waals surface area (Å²) in [6, 6.07) is 10.2. The van der Waals surface area contributed by atoms with Crippen LogP contribution in [-0.2, 0) is 6.54 Å². The minimum Gasteiger partial charge on any atom is -0.459 e. The maximum absolute atomic E-state index is 12.5. The first-order valence-corrected chi connectivity index (χ1v) is 9.39. The van der Waals surface area contributed by atoms with Crippen LogP contribution in [0.15, 0.2) is 34.7 Å². The topological polar surface area (TPSA) is 48.7 Å². The molecule has 1 aromatic carbocycles. The average Bonchev–Trinajstić information content (AvgIpc) is 3.33. The van der Waals surface area contributed by atoms with Gasteiger partial charge in [-0.3, -0.25) is 0 Å². The van der Waals surface area contributed by atoms with Crippen molar-refractivity contribution in [2.24, 2.45) is 5.92 Å². The highest BCUT2D eigenvalue weighted by molar-refractivity contribution is 5.78. The summed E-state index contributed by atoms with van der Waals surface area (Å²) in [4.78, 5) is 16.7. The van der Waals surface area contributed by atoms with Crippen molar-refractivity contribution < 1.29 is 9.21 Å². The maximum Gasteiger partial charge on any atom is 0.317 e. The fourth-order valence-corrected chi connectivity index (χ4v) is 3.63. The monoisotopic (exact) mass is 341 g/mol. The van der Waals surface area contributed by atoms with E-state index in [2.05, 4.69) is 10.2 Å². The number of nitrogens with one attached hydrogen (secondary N) is 1. The Labute approximate surface area is 149 Å². The Morgan fingerprint density at radius 2 is 2.00 bits per heavy atom. The van der Waals surface area contributed by atoms with Crippen LogP contribution in [0.1, 0.15) is 31.4 Å². The van der Waals surface area contributed by atoms with Crippen LogP contribution in [0.5, 0.6) is 0 Å². The van der Waals surface area contributed by atoms with Crippen molar-refractivity contribution >= 4 is 17.0 Å². The smallest absolute Gasteiger partial charge is 0.317 e. The first-order chi connectivity index (χ1) is 12.2. The summed E-state index contributed by atoms with van der Waals surface area (Å²) in [6.07, 6.45) is 4.92. The molecule has 2 amide bonds. The van der Waals surface area contributed by atoms with Crippen molar-refractivity contribution in [1.29, 1.82) is 0 Å². The molecule has 2 aliphatic rings. The number of urea groups is 1. The highest BCUT2D eigenvalue weighted by Gasteiger charge is 2.27. The molecule has 4 rings (SSSR count). The van der Waals surface area contributed by atoms with Crippen molar-refractivity contribution in [3.63, 3.8) is 0 Å². The van der Waals surface area contributed by atoms with Gasteiger partial charge >= 0.3 is 6.03 Å². The average molecular weight is 341 g/mol. The number of benzene rings is 1. The Morgan fingerprint density at radius 1 is 1.24 bits per heavy atom. The number of carbonyl (C=O) groups is 1. The van der Waals surface area contributed by atoms with E-state index >= 15 is 0 Å². The fourth-order valence-electron chi connectivity index (χ4n) is 3.63. The van der Waals surface area contributed by atoms with E-state index < -0.39 is 0 Å². The van der Waals surface area contributed by atoms with Crippen molar-refractivity contribution in [1.82, 2.24) is 15.1 Å². The Hall–Kier alpha value is -2.01. The molecule has 1 aliphatic carbocycles. The lowest BCUT2D eigenvalue weighted by Crippen LogP contribution is -2.48. The Kier molecular flexibility index (Phi) is 4.66. The molecule has 1 saturated heterocycles. The fraction of sp³-hybridized carbons (Fsp3) is 0.550. The number of fused-ring (bicyclic) bond motifs is 1. The van der Waals surface area contributed by atoms with Gasteiger partial charge in [-0.1, -0.05) is 18.2 Å². The van der Waals surface area contributed by atoms with Crippen LogP contribution in [0.25, 0.3) is 11.0 Å². The van der Waals surface area contributed by atoms with E-state index in [0.29, 0.717) is 12.6 Å². The van der Waals surface area contributed by atoms with E-state index in [-0.39, 0.29) is 6.03 Å². The van der Waals surface area contributed by atoms with Crippen molar-refractivity contribution in [3.05, 3.63) is 36.1 Å². The molecular weight excluding hydrogens is 314 g/mol. The van der Waals surface area contributed by atoms with E-state index in [9.17, 15) is 4.79 Å². The van der Waals surface area contributed by atoms with Crippen LogP contribution in [0.3, 0.4) is 0 Å². The summed E-state index contributed by atoms with van der Waals surface area (Å²) >= 11 is 0. The van der Waals surface area contributed by atoms with Gasteiger partial charge in [0.15, 0.2) is 0 Å². The molecule has 0 unspecified atom stereocenters. The minimum atomic E-state index is -0.0129. The Balaban J connectivity index is 1.25. The van der Waals surface area contributed by atoms with E-state index in [1.54, 1.807) is 4.90 Å². The third-order valence-corrected chi connectivity index (χ3v) is 5.34. The Morgan fingerprint density at radius 3 is 2.72 bits per heavy atom. The second kappa shape index (κ2) is 7.08. The van der Waals surface area contributed by atoms with Gasteiger partial charge < -0.3 is 19.5 Å². The molecule has 0 atom stereocenters. The molecule has 5 heteroatoms. The molecule has 25 heavy (non-hydrogen) atoms. The normalized spacial score (nSPS) is 19.2. The number of likely N-dealkylation sites (tertiary alicyclic amines) is 1. The van der Waals surface area contributed by atoms with Gasteiger partial charge in [0, 0.05) is 38.1 Å².